The molecule has 0 saturated heterocycles. The first kappa shape index (κ1) is 34.8. The van der Waals surface area contributed by atoms with E-state index in [-0.39, 0.29) is 54.3 Å². The number of aliphatic hydroxyl groups is 1. The summed E-state index contributed by atoms with van der Waals surface area (Å²) in [6.07, 6.45) is 6.89. The van der Waals surface area contributed by atoms with Crippen molar-refractivity contribution in [3.8, 4) is 0 Å². The Balaban J connectivity index is 0.000000234. The fourth-order valence-electron chi connectivity index (χ4n) is 7.71. The first-order chi connectivity index (χ1) is 22.0. The van der Waals surface area contributed by atoms with Gasteiger partial charge in [0.2, 0.25) is 0 Å². The van der Waals surface area contributed by atoms with Crippen molar-refractivity contribution in [2.75, 3.05) is 0 Å². The summed E-state index contributed by atoms with van der Waals surface area (Å²) >= 11 is 0. The van der Waals surface area contributed by atoms with Gasteiger partial charge in [0, 0.05) is 71.6 Å². The molecule has 4 nitrogen and oxygen atoms in total. The Morgan fingerprint density at radius 1 is 0.872 bits per heavy atom. The van der Waals surface area contributed by atoms with Gasteiger partial charge in [-0.3, -0.25) is 9.78 Å². The van der Waals surface area contributed by atoms with E-state index < -0.39 is 0 Å². The maximum absolute atomic E-state index is 11.7. The second kappa shape index (κ2) is 13.2. The van der Waals surface area contributed by atoms with Crippen LogP contribution in [0.1, 0.15) is 92.2 Å². The summed E-state index contributed by atoms with van der Waals surface area (Å²) in [6.45, 7) is 17.7. The second-order valence-corrected chi connectivity index (χ2v) is 14.0. The van der Waals surface area contributed by atoms with Crippen molar-refractivity contribution in [3.63, 3.8) is 0 Å². The van der Waals surface area contributed by atoms with Crippen LogP contribution in [-0.4, -0.2) is 20.3 Å². The number of nitrogens with zero attached hydrogens (tertiary/aromatic N) is 2. The molecule has 0 spiro atoms. The molecule has 3 heterocycles. The zero-order chi connectivity index (χ0) is 33.0. The van der Waals surface area contributed by atoms with Crippen molar-refractivity contribution in [2.45, 2.75) is 91.9 Å². The summed E-state index contributed by atoms with van der Waals surface area (Å²) in [6, 6.07) is 25.7. The second-order valence-electron chi connectivity index (χ2n) is 14.0. The van der Waals surface area contributed by atoms with Crippen LogP contribution in [-0.2, 0) is 35.7 Å². The molecule has 47 heavy (non-hydrogen) atoms. The Kier molecular flexibility index (Phi) is 9.75. The molecule has 6 aromatic rings. The molecule has 1 aliphatic carbocycles. The van der Waals surface area contributed by atoms with Gasteiger partial charge >= 0.3 is 0 Å². The number of ketones is 1. The average Bonchev–Trinajstić information content (AvgIpc) is 3.41. The van der Waals surface area contributed by atoms with Crippen LogP contribution in [0.5, 0.6) is 0 Å². The first-order valence-electron chi connectivity index (χ1n) is 17.1. The van der Waals surface area contributed by atoms with Crippen LogP contribution in [0.2, 0.25) is 0 Å². The number of fused-ring (bicyclic) bond motifs is 7. The van der Waals surface area contributed by atoms with Crippen LogP contribution >= 0.6 is 0 Å². The van der Waals surface area contributed by atoms with E-state index in [9.17, 15) is 9.90 Å². The molecule has 0 bridgehead atoms. The van der Waals surface area contributed by atoms with Crippen LogP contribution in [0.25, 0.3) is 49.0 Å². The summed E-state index contributed by atoms with van der Waals surface area (Å²) in [7, 11) is 0. The predicted octanol–water partition coefficient (Wildman–Crippen LogP) is 11.2. The molecule has 1 N–H and O–H groups in total. The molecule has 0 saturated carbocycles. The monoisotopic (exact) mass is 804 g/mol. The molecule has 0 amide bonds. The Hall–Kier alpha value is -3.53. The fourth-order valence-corrected chi connectivity index (χ4v) is 7.71. The number of hydrogen-bond donors (Lipinski definition) is 1. The summed E-state index contributed by atoms with van der Waals surface area (Å²) < 4.78 is 2.48. The summed E-state index contributed by atoms with van der Waals surface area (Å²) in [4.78, 5) is 16.7. The molecule has 5 heteroatoms. The van der Waals surface area contributed by atoms with E-state index in [1.54, 1.807) is 0 Å². The number of para-hydroxylation sites is 1. The van der Waals surface area contributed by atoms with E-state index in [2.05, 4.69) is 98.8 Å². The van der Waals surface area contributed by atoms with E-state index >= 15 is 0 Å². The van der Waals surface area contributed by atoms with Gasteiger partial charge < -0.3 is 9.51 Å². The van der Waals surface area contributed by atoms with Gasteiger partial charge in [-0.25, -0.2) is 0 Å². The molecule has 0 aliphatic heterocycles. The topological polar surface area (TPSA) is 54.6 Å². The number of aromatic nitrogens is 2. The first-order valence-corrected chi connectivity index (χ1v) is 17.1. The van der Waals surface area contributed by atoms with E-state index in [4.69, 9.17) is 4.98 Å². The molecule has 1 aliphatic rings. The third kappa shape index (κ3) is 5.40. The standard InChI is InChI=1S/C29H23N2.C13H24O2.Ir/c1-28(2)21-13-14-30-26-20-15-17-9-5-6-10-18(17)16-23(20)31-22-12-8-7-11-19(22)25(29(28,3)4)27(31)24(21)26;1-5-10(6-2)12(14)9-13(15)11(7-3)8-4;/h5-14,16H,1-4H3;9-11,14H,5-8H2,1-4H3;/q-1;;/b;12-9-;. The Morgan fingerprint density at radius 2 is 1.51 bits per heavy atom. The van der Waals surface area contributed by atoms with Gasteiger partial charge in [0.05, 0.1) is 5.76 Å². The van der Waals surface area contributed by atoms with E-state index in [1.165, 1.54) is 49.9 Å². The minimum atomic E-state index is -0.0314. The maximum Gasteiger partial charge on any atom is 0.162 e. The smallest absolute Gasteiger partial charge is 0.162 e. The number of benzene rings is 3. The quantitative estimate of drug-likeness (QED) is 0.0575. The van der Waals surface area contributed by atoms with E-state index in [0.717, 1.165) is 42.0 Å². The van der Waals surface area contributed by atoms with Crippen LogP contribution in [0.3, 0.4) is 0 Å². The molecule has 7 rings (SSSR count). The van der Waals surface area contributed by atoms with Crippen LogP contribution in [0.15, 0.2) is 78.7 Å². The largest absolute Gasteiger partial charge is 0.512 e. The zero-order valence-corrected chi connectivity index (χ0v) is 31.4. The number of hydrogen-bond acceptors (Lipinski definition) is 3. The van der Waals surface area contributed by atoms with Crippen LogP contribution in [0.4, 0.5) is 0 Å². The molecule has 0 unspecified atom stereocenters. The zero-order valence-electron chi connectivity index (χ0n) is 29.0. The molecular formula is C42H47IrN2O2-. The van der Waals surface area contributed by atoms with Crippen molar-refractivity contribution in [2.24, 2.45) is 11.8 Å². The molecule has 0 fully saturated rings. The summed E-state index contributed by atoms with van der Waals surface area (Å²) in [5.74, 6) is 0.547. The van der Waals surface area contributed by atoms with Gasteiger partial charge in [0.25, 0.3) is 0 Å². The third-order valence-corrected chi connectivity index (χ3v) is 11.3. The van der Waals surface area contributed by atoms with Crippen molar-refractivity contribution in [1.82, 2.24) is 9.38 Å². The van der Waals surface area contributed by atoms with Crippen LogP contribution < -0.4 is 0 Å². The normalized spacial score (nSPS) is 15.1. The Morgan fingerprint density at radius 3 is 2.19 bits per heavy atom. The van der Waals surface area contributed by atoms with E-state index in [0.29, 0.717) is 0 Å². The fraction of sp³-hybridized carbons (Fsp3) is 0.381. The third-order valence-electron chi connectivity index (χ3n) is 11.3. The minimum Gasteiger partial charge on any atom is -0.512 e. The van der Waals surface area contributed by atoms with E-state index in [1.807, 2.05) is 33.9 Å². The molecule has 1 radical (unpaired) electrons. The predicted molar refractivity (Wildman–Crippen MR) is 194 cm³/mol. The van der Waals surface area contributed by atoms with Crippen molar-refractivity contribution in [1.29, 1.82) is 0 Å². The molecule has 3 aromatic carbocycles. The average molecular weight is 804 g/mol. The van der Waals surface area contributed by atoms with Crippen molar-refractivity contribution in [3.05, 3.63) is 95.9 Å². The number of carbonyl (C=O) groups is 1. The van der Waals surface area contributed by atoms with Gasteiger partial charge in [-0.15, -0.1) is 17.5 Å². The Bertz CT molecular complexity index is 2150. The maximum atomic E-state index is 11.7. The molecule has 3 aromatic heterocycles. The van der Waals surface area contributed by atoms with Crippen molar-refractivity contribution < 1.29 is 30.0 Å². The van der Waals surface area contributed by atoms with Gasteiger partial charge in [-0.2, -0.15) is 0 Å². The molecular weight excluding hydrogens is 757 g/mol. The SMILES string of the molecule is CC1(C)c2ccnc3c4[c-]c5ccccc5cc4n4c5ccccc5c(c4c23)C1(C)C.CCC(CC)C(=O)/C=C(\O)C(CC)CC.[Ir]. The summed E-state index contributed by atoms with van der Waals surface area (Å²) in [5, 5.41) is 15.8. The number of pyridine rings is 2. The molecule has 247 valence electrons. The van der Waals surface area contributed by atoms with Gasteiger partial charge in [-0.05, 0) is 65.3 Å². The van der Waals surface area contributed by atoms with Gasteiger partial charge in [0.15, 0.2) is 5.78 Å². The van der Waals surface area contributed by atoms with Crippen molar-refractivity contribution >= 4 is 54.8 Å². The van der Waals surface area contributed by atoms with Gasteiger partial charge in [-0.1, -0.05) is 109 Å². The number of allylic oxidation sites excluding steroid dienone is 2. The number of rotatable bonds is 7. The Labute approximate surface area is 292 Å². The number of aliphatic hydroxyl groups excluding tert-OH is 1. The van der Waals surface area contributed by atoms with Gasteiger partial charge in [0.1, 0.15) is 0 Å². The van der Waals surface area contributed by atoms with Crippen LogP contribution in [0, 0.1) is 17.9 Å². The summed E-state index contributed by atoms with van der Waals surface area (Å²) in [5.41, 5.74) is 7.60. The minimum absolute atomic E-state index is 0. The number of carbonyl (C=O) groups excluding carboxylic acids is 1. The molecule has 0 atom stereocenters.